The minimum Gasteiger partial charge on any atom is -0.356 e. The summed E-state index contributed by atoms with van der Waals surface area (Å²) in [5, 5.41) is 0.789. The van der Waals surface area contributed by atoms with Crippen LogP contribution in [0.25, 0.3) is 5.69 Å². The summed E-state index contributed by atoms with van der Waals surface area (Å²) >= 11 is 12.5. The van der Waals surface area contributed by atoms with Gasteiger partial charge in [-0.05, 0) is 44.2 Å². The average Bonchev–Trinajstić information content (AvgIpc) is 2.62. The van der Waals surface area contributed by atoms with Crippen molar-refractivity contribution in [2.45, 2.75) is 47.0 Å². The fourth-order valence-corrected chi connectivity index (χ4v) is 3.95. The summed E-state index contributed by atoms with van der Waals surface area (Å²) in [5.41, 5.74) is 1.51. The summed E-state index contributed by atoms with van der Waals surface area (Å²) < 4.78 is 1.55. The number of aryl methyl sites for hydroxylation is 1. The molecule has 0 N–H and O–H groups in total. The van der Waals surface area contributed by atoms with Crippen LogP contribution in [0.5, 0.6) is 0 Å². The summed E-state index contributed by atoms with van der Waals surface area (Å²) in [6.45, 7) is 10.1. The average molecular weight is 394 g/mol. The third kappa shape index (κ3) is 3.37. The third-order valence-corrected chi connectivity index (χ3v) is 6.56. The van der Waals surface area contributed by atoms with Crippen LogP contribution in [0.4, 0.5) is 5.82 Å². The summed E-state index contributed by atoms with van der Waals surface area (Å²) in [4.78, 5) is 20.1. The molecule has 0 aliphatic carbocycles. The number of piperidine rings is 1. The van der Waals surface area contributed by atoms with Gasteiger partial charge < -0.3 is 4.90 Å². The first-order valence-corrected chi connectivity index (χ1v) is 9.82. The zero-order chi connectivity index (χ0) is 19.1. The highest BCUT2D eigenvalue weighted by Gasteiger charge is 2.30. The van der Waals surface area contributed by atoms with Crippen molar-refractivity contribution in [1.29, 1.82) is 0 Å². The molecule has 3 rings (SSSR count). The van der Waals surface area contributed by atoms with Gasteiger partial charge in [-0.2, -0.15) is 0 Å². The predicted octanol–water partition coefficient (Wildman–Crippen LogP) is 5.17. The topological polar surface area (TPSA) is 38.1 Å². The maximum absolute atomic E-state index is 13.1. The zero-order valence-corrected chi connectivity index (χ0v) is 17.3. The van der Waals surface area contributed by atoms with Crippen LogP contribution in [0.2, 0.25) is 10.0 Å². The molecular weight excluding hydrogens is 369 g/mol. The summed E-state index contributed by atoms with van der Waals surface area (Å²) in [6, 6.07) is 5.28. The summed E-state index contributed by atoms with van der Waals surface area (Å²) in [5.74, 6) is 1.41. The Hall–Kier alpha value is -1.52. The molecule has 0 spiro atoms. The van der Waals surface area contributed by atoms with Gasteiger partial charge in [0.25, 0.3) is 5.56 Å². The normalized spacial score (nSPS) is 16.8. The number of halogens is 2. The Morgan fingerprint density at radius 2 is 1.85 bits per heavy atom. The van der Waals surface area contributed by atoms with E-state index < -0.39 is 0 Å². The van der Waals surface area contributed by atoms with Crippen molar-refractivity contribution in [2.24, 2.45) is 5.41 Å². The predicted molar refractivity (Wildman–Crippen MR) is 109 cm³/mol. The minimum absolute atomic E-state index is 0.0968. The number of aromatic nitrogens is 2. The van der Waals surface area contributed by atoms with Crippen LogP contribution in [-0.2, 0) is 0 Å². The highest BCUT2D eigenvalue weighted by atomic mass is 35.5. The molecule has 0 saturated carbocycles. The molecule has 4 nitrogen and oxygen atoms in total. The van der Waals surface area contributed by atoms with Gasteiger partial charge in [0.05, 0.1) is 21.3 Å². The van der Waals surface area contributed by atoms with Crippen molar-refractivity contribution < 1.29 is 0 Å². The molecule has 0 atom stereocenters. The fraction of sp³-hybridized carbons (Fsp3) is 0.500. The number of hydrogen-bond donors (Lipinski definition) is 0. The Kier molecular flexibility index (Phi) is 5.36. The Labute approximate surface area is 164 Å². The van der Waals surface area contributed by atoms with Gasteiger partial charge in [-0.1, -0.05) is 49.5 Å². The van der Waals surface area contributed by atoms with E-state index in [9.17, 15) is 4.79 Å². The molecular formula is C20H25Cl2N3O. The molecule has 2 heterocycles. The number of nitrogens with zero attached hydrogens (tertiary/aromatic N) is 3. The van der Waals surface area contributed by atoms with Crippen LogP contribution in [0, 0.1) is 19.3 Å². The lowest BCUT2D eigenvalue weighted by Gasteiger charge is -2.40. The van der Waals surface area contributed by atoms with Crippen molar-refractivity contribution in [1.82, 2.24) is 9.55 Å². The molecule has 1 aromatic carbocycles. The van der Waals surface area contributed by atoms with E-state index in [1.807, 2.05) is 13.8 Å². The molecule has 6 heteroatoms. The van der Waals surface area contributed by atoms with E-state index >= 15 is 0 Å². The molecule has 1 aliphatic heterocycles. The lowest BCUT2D eigenvalue weighted by atomic mass is 9.78. The van der Waals surface area contributed by atoms with E-state index in [2.05, 4.69) is 18.7 Å². The molecule has 1 fully saturated rings. The van der Waals surface area contributed by atoms with Crippen molar-refractivity contribution >= 4 is 29.0 Å². The zero-order valence-electron chi connectivity index (χ0n) is 15.8. The molecule has 0 amide bonds. The van der Waals surface area contributed by atoms with Gasteiger partial charge >= 0.3 is 0 Å². The first-order valence-electron chi connectivity index (χ1n) is 9.07. The van der Waals surface area contributed by atoms with Gasteiger partial charge in [0.1, 0.15) is 11.6 Å². The van der Waals surface area contributed by atoms with E-state index in [1.54, 1.807) is 22.8 Å². The van der Waals surface area contributed by atoms with Gasteiger partial charge in [0, 0.05) is 13.1 Å². The first-order chi connectivity index (χ1) is 12.3. The highest BCUT2D eigenvalue weighted by Crippen LogP contribution is 2.36. The molecule has 0 radical (unpaired) electrons. The van der Waals surface area contributed by atoms with Crippen LogP contribution < -0.4 is 10.5 Å². The molecule has 0 unspecified atom stereocenters. The Balaban J connectivity index is 2.02. The van der Waals surface area contributed by atoms with Gasteiger partial charge in [-0.25, -0.2) is 4.98 Å². The molecule has 1 aromatic heterocycles. The van der Waals surface area contributed by atoms with Crippen LogP contribution in [0.3, 0.4) is 0 Å². The summed E-state index contributed by atoms with van der Waals surface area (Å²) in [7, 11) is 0. The van der Waals surface area contributed by atoms with E-state index in [0.29, 0.717) is 32.5 Å². The van der Waals surface area contributed by atoms with Gasteiger partial charge in [0.15, 0.2) is 0 Å². The van der Waals surface area contributed by atoms with Crippen molar-refractivity contribution in [3.8, 4) is 5.69 Å². The van der Waals surface area contributed by atoms with Crippen molar-refractivity contribution in [3.63, 3.8) is 0 Å². The number of benzene rings is 1. The fourth-order valence-electron chi connectivity index (χ4n) is 3.57. The second kappa shape index (κ2) is 7.24. The van der Waals surface area contributed by atoms with Crippen LogP contribution in [-0.4, -0.2) is 22.6 Å². The smallest absolute Gasteiger partial charge is 0.263 e. The minimum atomic E-state index is -0.0968. The molecule has 1 aliphatic rings. The maximum atomic E-state index is 13.1. The number of hydrogen-bond acceptors (Lipinski definition) is 3. The molecule has 1 saturated heterocycles. The van der Waals surface area contributed by atoms with Crippen LogP contribution in [0.1, 0.15) is 44.5 Å². The SMILES string of the molecule is CCC1(C)CCN(c2nc(C)n(-c3cccc(Cl)c3Cl)c(=O)c2C)CC1. The van der Waals surface area contributed by atoms with Gasteiger partial charge in [-0.3, -0.25) is 9.36 Å². The van der Waals surface area contributed by atoms with E-state index in [1.165, 1.54) is 6.42 Å². The van der Waals surface area contributed by atoms with E-state index in [-0.39, 0.29) is 5.56 Å². The maximum Gasteiger partial charge on any atom is 0.263 e. The molecule has 0 bridgehead atoms. The standard InChI is InChI=1S/C20H25Cl2N3O/c1-5-20(4)9-11-24(12-10-20)18-13(2)19(26)25(14(3)23-18)16-8-6-7-15(21)17(16)22/h6-8H,5,9-12H2,1-4H3. The quantitative estimate of drug-likeness (QED) is 0.721. The van der Waals surface area contributed by atoms with Gasteiger partial charge in [0.2, 0.25) is 0 Å². The Morgan fingerprint density at radius 1 is 1.19 bits per heavy atom. The second-order valence-corrected chi connectivity index (χ2v) is 8.26. The Morgan fingerprint density at radius 3 is 2.46 bits per heavy atom. The van der Waals surface area contributed by atoms with Crippen LogP contribution >= 0.6 is 23.2 Å². The highest BCUT2D eigenvalue weighted by molar-refractivity contribution is 6.43. The Bertz CT molecular complexity index is 883. The lowest BCUT2D eigenvalue weighted by Crippen LogP contribution is -2.40. The number of anilines is 1. The van der Waals surface area contributed by atoms with Crippen LogP contribution in [0.15, 0.2) is 23.0 Å². The molecule has 26 heavy (non-hydrogen) atoms. The lowest BCUT2D eigenvalue weighted by molar-refractivity contribution is 0.237. The van der Waals surface area contributed by atoms with E-state index in [4.69, 9.17) is 28.2 Å². The van der Waals surface area contributed by atoms with E-state index in [0.717, 1.165) is 31.7 Å². The molecule has 2 aromatic rings. The first kappa shape index (κ1) is 19.2. The van der Waals surface area contributed by atoms with Gasteiger partial charge in [-0.15, -0.1) is 0 Å². The van der Waals surface area contributed by atoms with Crippen molar-refractivity contribution in [3.05, 3.63) is 50.0 Å². The second-order valence-electron chi connectivity index (χ2n) is 7.47. The summed E-state index contributed by atoms with van der Waals surface area (Å²) in [6.07, 6.45) is 3.42. The molecule has 140 valence electrons. The monoisotopic (exact) mass is 393 g/mol. The largest absolute Gasteiger partial charge is 0.356 e. The third-order valence-electron chi connectivity index (χ3n) is 5.75. The van der Waals surface area contributed by atoms with Crippen molar-refractivity contribution in [2.75, 3.05) is 18.0 Å². The number of rotatable bonds is 3.